The number of unbranched alkanes of at least 4 members (excludes halogenated alkanes) is 23. The van der Waals surface area contributed by atoms with Gasteiger partial charge in [0.25, 0.3) is 0 Å². The lowest BCUT2D eigenvalue weighted by Crippen LogP contribution is -2.59. The Hall–Kier alpha value is -2.11. The molecule has 366 valence electrons. The highest BCUT2D eigenvalue weighted by molar-refractivity contribution is 5.69. The monoisotopic (exact) mass is 889 g/mol. The first-order valence-corrected chi connectivity index (χ1v) is 25.9. The Kier molecular flexibility index (Phi) is 42.1. The Balaban J connectivity index is 2.22. The summed E-state index contributed by atoms with van der Waals surface area (Å²) in [5.74, 6) is -0.325. The molecule has 63 heavy (non-hydrogen) atoms. The average Bonchev–Trinajstić information content (AvgIpc) is 3.28. The molecule has 1 saturated heterocycles. The number of aliphatic hydroxyl groups excluding tert-OH is 4. The largest absolute Gasteiger partial charge is 0.457 e. The van der Waals surface area contributed by atoms with Crippen molar-refractivity contribution in [1.29, 1.82) is 0 Å². The van der Waals surface area contributed by atoms with E-state index < -0.39 is 43.4 Å². The van der Waals surface area contributed by atoms with E-state index in [2.05, 4.69) is 74.6 Å². The van der Waals surface area contributed by atoms with E-state index in [4.69, 9.17) is 18.9 Å². The van der Waals surface area contributed by atoms with Gasteiger partial charge in [-0.3, -0.25) is 4.79 Å². The van der Waals surface area contributed by atoms with Crippen LogP contribution < -0.4 is 0 Å². The van der Waals surface area contributed by atoms with Crippen LogP contribution in [0.15, 0.2) is 60.8 Å². The zero-order chi connectivity index (χ0) is 45.7. The van der Waals surface area contributed by atoms with E-state index in [-0.39, 0.29) is 19.2 Å². The summed E-state index contributed by atoms with van der Waals surface area (Å²) in [7, 11) is 0. The van der Waals surface area contributed by atoms with E-state index >= 15 is 0 Å². The molecule has 0 aromatic carbocycles. The summed E-state index contributed by atoms with van der Waals surface area (Å²) in [6, 6.07) is 0. The average molecular weight is 889 g/mol. The van der Waals surface area contributed by atoms with Crippen molar-refractivity contribution in [2.75, 3.05) is 26.4 Å². The molecule has 6 atom stereocenters. The van der Waals surface area contributed by atoms with Crippen LogP contribution in [0.4, 0.5) is 0 Å². The summed E-state index contributed by atoms with van der Waals surface area (Å²) >= 11 is 0. The fourth-order valence-electron chi connectivity index (χ4n) is 7.59. The zero-order valence-electron chi connectivity index (χ0n) is 40.3. The topological polar surface area (TPSA) is 135 Å². The molecule has 0 amide bonds. The second-order valence-electron chi connectivity index (χ2n) is 17.6. The van der Waals surface area contributed by atoms with E-state index in [9.17, 15) is 25.2 Å². The van der Waals surface area contributed by atoms with Gasteiger partial charge < -0.3 is 39.4 Å². The van der Waals surface area contributed by atoms with Crippen molar-refractivity contribution in [1.82, 2.24) is 0 Å². The normalized spacial score (nSPS) is 20.1. The highest BCUT2D eigenvalue weighted by Gasteiger charge is 2.44. The highest BCUT2D eigenvalue weighted by Crippen LogP contribution is 2.23. The van der Waals surface area contributed by atoms with Crippen LogP contribution in [-0.2, 0) is 23.7 Å². The predicted molar refractivity (Wildman–Crippen MR) is 261 cm³/mol. The van der Waals surface area contributed by atoms with Gasteiger partial charge in [-0.25, -0.2) is 0 Å². The first-order chi connectivity index (χ1) is 30.9. The molecule has 0 aromatic rings. The first-order valence-electron chi connectivity index (χ1n) is 25.9. The van der Waals surface area contributed by atoms with Crippen molar-refractivity contribution >= 4 is 5.97 Å². The molecule has 9 nitrogen and oxygen atoms in total. The molecule has 0 bridgehead atoms. The van der Waals surface area contributed by atoms with Crippen molar-refractivity contribution in [2.24, 2.45) is 0 Å². The number of allylic oxidation sites excluding steroid dienone is 10. The number of esters is 1. The number of carbonyl (C=O) groups excluding carboxylic acids is 1. The quantitative estimate of drug-likeness (QED) is 0.0268. The summed E-state index contributed by atoms with van der Waals surface area (Å²) in [6.45, 7) is 4.51. The molecule has 9 heteroatoms. The molecule has 1 rings (SSSR count). The summed E-state index contributed by atoms with van der Waals surface area (Å²) in [6.07, 6.45) is 51.0. The van der Waals surface area contributed by atoms with Crippen LogP contribution in [-0.4, -0.2) is 89.6 Å². The lowest BCUT2D eigenvalue weighted by atomic mass is 9.99. The van der Waals surface area contributed by atoms with Crippen LogP contribution in [0, 0.1) is 0 Å². The van der Waals surface area contributed by atoms with Crippen LogP contribution in [0.2, 0.25) is 0 Å². The minimum absolute atomic E-state index is 0.123. The minimum Gasteiger partial charge on any atom is -0.457 e. The molecule has 1 aliphatic rings. The van der Waals surface area contributed by atoms with Gasteiger partial charge in [0.1, 0.15) is 30.5 Å². The SMILES string of the molecule is CCCCCC/C=C\C/C=C\CCCCCCCCOCC(COC1OC(CO)C(O)C(O)C1O)OC(=O)CCCCCCCCCC/C=C\C/C=C\C/C=C\CCCCCCC. The number of rotatable bonds is 44. The van der Waals surface area contributed by atoms with Crippen molar-refractivity contribution in [3.8, 4) is 0 Å². The van der Waals surface area contributed by atoms with Crippen molar-refractivity contribution in [3.05, 3.63) is 60.8 Å². The Morgan fingerprint density at radius 3 is 1.40 bits per heavy atom. The molecule has 1 aliphatic heterocycles. The maximum atomic E-state index is 12.8. The van der Waals surface area contributed by atoms with Gasteiger partial charge in [-0.1, -0.05) is 184 Å². The molecule has 0 saturated carbocycles. The summed E-state index contributed by atoms with van der Waals surface area (Å²) in [5.41, 5.74) is 0. The van der Waals surface area contributed by atoms with Crippen LogP contribution >= 0.6 is 0 Å². The van der Waals surface area contributed by atoms with Gasteiger partial charge in [0.15, 0.2) is 6.29 Å². The predicted octanol–water partition coefficient (Wildman–Crippen LogP) is 12.6. The molecule has 0 spiro atoms. The summed E-state index contributed by atoms with van der Waals surface area (Å²) < 4.78 is 22.9. The third-order valence-electron chi connectivity index (χ3n) is 11.7. The Morgan fingerprint density at radius 2 is 0.921 bits per heavy atom. The number of ether oxygens (including phenoxy) is 4. The zero-order valence-corrected chi connectivity index (χ0v) is 40.3. The maximum Gasteiger partial charge on any atom is 0.306 e. The molecule has 0 aliphatic carbocycles. The highest BCUT2D eigenvalue weighted by atomic mass is 16.7. The molecular weight excluding hydrogens is 793 g/mol. The van der Waals surface area contributed by atoms with Gasteiger partial charge in [-0.15, -0.1) is 0 Å². The third kappa shape index (κ3) is 35.8. The van der Waals surface area contributed by atoms with E-state index in [1.165, 1.54) is 122 Å². The van der Waals surface area contributed by atoms with Crippen LogP contribution in [0.1, 0.15) is 213 Å². The van der Waals surface area contributed by atoms with E-state index in [1.807, 2.05) is 0 Å². The lowest BCUT2D eigenvalue weighted by molar-refractivity contribution is -0.305. The summed E-state index contributed by atoms with van der Waals surface area (Å²) in [4.78, 5) is 12.8. The Bertz CT molecular complexity index is 1150. The lowest BCUT2D eigenvalue weighted by Gasteiger charge is -2.39. The smallest absolute Gasteiger partial charge is 0.306 e. The van der Waals surface area contributed by atoms with E-state index in [1.54, 1.807) is 0 Å². The fraction of sp³-hybridized carbons (Fsp3) is 0.796. The fourth-order valence-corrected chi connectivity index (χ4v) is 7.59. The van der Waals surface area contributed by atoms with Gasteiger partial charge in [0, 0.05) is 13.0 Å². The van der Waals surface area contributed by atoms with Gasteiger partial charge >= 0.3 is 5.97 Å². The Labute approximate surface area is 385 Å². The molecule has 6 unspecified atom stereocenters. The van der Waals surface area contributed by atoms with Crippen molar-refractivity contribution in [3.63, 3.8) is 0 Å². The van der Waals surface area contributed by atoms with Gasteiger partial charge in [-0.05, 0) is 83.5 Å². The van der Waals surface area contributed by atoms with Gasteiger partial charge in [-0.2, -0.15) is 0 Å². The molecular formula is C54H96O9. The Morgan fingerprint density at radius 1 is 0.508 bits per heavy atom. The van der Waals surface area contributed by atoms with Crippen LogP contribution in [0.3, 0.4) is 0 Å². The van der Waals surface area contributed by atoms with Crippen molar-refractivity contribution in [2.45, 2.75) is 250 Å². The van der Waals surface area contributed by atoms with Gasteiger partial charge in [0.2, 0.25) is 0 Å². The first kappa shape index (κ1) is 58.9. The maximum absolute atomic E-state index is 12.8. The second kappa shape index (κ2) is 45.1. The molecule has 0 radical (unpaired) electrons. The number of carbonyl (C=O) groups is 1. The minimum atomic E-state index is -1.54. The molecule has 1 heterocycles. The van der Waals surface area contributed by atoms with E-state index in [0.29, 0.717) is 13.0 Å². The summed E-state index contributed by atoms with van der Waals surface area (Å²) in [5, 5.41) is 40.2. The van der Waals surface area contributed by atoms with Crippen LogP contribution in [0.25, 0.3) is 0 Å². The molecule has 1 fully saturated rings. The van der Waals surface area contributed by atoms with Gasteiger partial charge in [0.05, 0.1) is 19.8 Å². The number of hydrogen-bond acceptors (Lipinski definition) is 9. The second-order valence-corrected chi connectivity index (χ2v) is 17.6. The molecule has 4 N–H and O–H groups in total. The molecule has 0 aromatic heterocycles. The standard InChI is InChI=1S/C54H96O9/c1-3-5-7-9-11-13-15-17-19-21-22-23-24-25-26-27-29-31-33-35-37-39-41-43-50(56)62-48(47-61-54-53(59)52(58)51(57)49(45-55)63-54)46-60-44-42-40-38-36-34-32-30-28-20-18-16-14-12-10-8-6-4-2/h14-17,20-22,24-25,28,48-49,51-55,57-59H,3-13,18-19,23,26-27,29-47H2,1-2H3/b16-14-,17-15-,22-21-,25-24-,28-20-. The van der Waals surface area contributed by atoms with E-state index in [0.717, 1.165) is 70.6 Å². The number of hydrogen-bond donors (Lipinski definition) is 4. The number of aliphatic hydroxyl groups is 4. The van der Waals surface area contributed by atoms with Crippen LogP contribution in [0.5, 0.6) is 0 Å². The van der Waals surface area contributed by atoms with Crippen molar-refractivity contribution < 1.29 is 44.2 Å². The third-order valence-corrected chi connectivity index (χ3v) is 11.7.